The van der Waals surface area contributed by atoms with Crippen molar-refractivity contribution >= 4 is 11.6 Å². The van der Waals surface area contributed by atoms with Gasteiger partial charge >= 0.3 is 0 Å². The van der Waals surface area contributed by atoms with Gasteiger partial charge in [0.25, 0.3) is 0 Å². The van der Waals surface area contributed by atoms with Crippen LogP contribution in [-0.2, 0) is 0 Å². The molecule has 1 rings (SSSR count). The Balaban J connectivity index is 3.01. The number of aromatic hydroxyl groups is 1. The van der Waals surface area contributed by atoms with Crippen LogP contribution in [0.5, 0.6) is 11.5 Å². The van der Waals surface area contributed by atoms with Crippen molar-refractivity contribution in [3.8, 4) is 11.5 Å². The van der Waals surface area contributed by atoms with E-state index in [4.69, 9.17) is 22.1 Å². The molecule has 0 aliphatic carbocycles. The van der Waals surface area contributed by atoms with Crippen LogP contribution in [0.15, 0.2) is 12.1 Å². The van der Waals surface area contributed by atoms with Gasteiger partial charge in [0.05, 0.1) is 12.1 Å². The predicted molar refractivity (Wildman–Crippen MR) is 57.2 cm³/mol. The van der Waals surface area contributed by atoms with Gasteiger partial charge in [0.15, 0.2) is 11.5 Å². The van der Waals surface area contributed by atoms with E-state index in [9.17, 15) is 13.9 Å². The molecular formula is C10H12ClF2NO2. The molecule has 0 amide bonds. The second-order valence-electron chi connectivity index (χ2n) is 3.29. The first kappa shape index (κ1) is 13.0. The maximum absolute atomic E-state index is 12.1. The zero-order valence-corrected chi connectivity index (χ0v) is 9.34. The molecule has 0 saturated carbocycles. The van der Waals surface area contributed by atoms with E-state index in [-0.39, 0.29) is 16.5 Å². The third kappa shape index (κ3) is 2.96. The highest BCUT2D eigenvalue weighted by atomic mass is 35.5. The lowest BCUT2D eigenvalue weighted by atomic mass is 10.0. The number of rotatable bonds is 4. The zero-order chi connectivity index (χ0) is 12.3. The van der Waals surface area contributed by atoms with Gasteiger partial charge in [-0.2, -0.15) is 0 Å². The van der Waals surface area contributed by atoms with E-state index >= 15 is 0 Å². The van der Waals surface area contributed by atoms with Crippen LogP contribution in [0, 0.1) is 0 Å². The zero-order valence-electron chi connectivity index (χ0n) is 8.58. The summed E-state index contributed by atoms with van der Waals surface area (Å²) >= 11 is 5.71. The van der Waals surface area contributed by atoms with E-state index in [1.807, 2.05) is 0 Å². The van der Waals surface area contributed by atoms with Gasteiger partial charge in [0.2, 0.25) is 6.43 Å². The molecule has 1 aromatic carbocycles. The van der Waals surface area contributed by atoms with Gasteiger partial charge in [0, 0.05) is 12.5 Å². The number of alkyl halides is 2. The molecule has 0 spiro atoms. The highest BCUT2D eigenvalue weighted by Gasteiger charge is 2.16. The lowest BCUT2D eigenvalue weighted by Crippen LogP contribution is -2.14. The van der Waals surface area contributed by atoms with Crippen LogP contribution in [0.2, 0.25) is 5.02 Å². The van der Waals surface area contributed by atoms with E-state index in [2.05, 4.69) is 0 Å². The van der Waals surface area contributed by atoms with Crippen LogP contribution in [0.3, 0.4) is 0 Å². The standard InChI is InChI=1S/C10H12ClF2NO2/c1-16-8-3-5(2-6(11)10(8)15)7(14)4-9(12)13/h2-3,7,9,15H,4,14H2,1H3/t7-/m0/s1. The van der Waals surface area contributed by atoms with E-state index < -0.39 is 18.9 Å². The fourth-order valence-electron chi connectivity index (χ4n) is 1.29. The minimum absolute atomic E-state index is 0.0269. The molecule has 0 aliphatic heterocycles. The molecule has 6 heteroatoms. The summed E-state index contributed by atoms with van der Waals surface area (Å²) in [6.45, 7) is 0. The number of phenolic OH excluding ortho intramolecular Hbond substituents is 1. The largest absolute Gasteiger partial charge is 0.503 e. The second-order valence-corrected chi connectivity index (χ2v) is 3.69. The number of hydrogen-bond donors (Lipinski definition) is 2. The van der Waals surface area contributed by atoms with Gasteiger partial charge in [-0.25, -0.2) is 8.78 Å². The topological polar surface area (TPSA) is 55.5 Å². The van der Waals surface area contributed by atoms with E-state index in [1.165, 1.54) is 19.2 Å². The van der Waals surface area contributed by atoms with Crippen molar-refractivity contribution in [2.75, 3.05) is 7.11 Å². The second kappa shape index (κ2) is 5.32. The summed E-state index contributed by atoms with van der Waals surface area (Å²) in [5.74, 6) is -0.107. The molecule has 0 unspecified atom stereocenters. The van der Waals surface area contributed by atoms with Crippen molar-refractivity contribution in [2.45, 2.75) is 18.9 Å². The lowest BCUT2D eigenvalue weighted by Gasteiger charge is -2.14. The van der Waals surface area contributed by atoms with Gasteiger partial charge in [-0.1, -0.05) is 11.6 Å². The summed E-state index contributed by atoms with van der Waals surface area (Å²) < 4.78 is 29.1. The molecule has 0 radical (unpaired) electrons. The molecule has 1 atom stereocenters. The van der Waals surface area contributed by atoms with Crippen molar-refractivity contribution < 1.29 is 18.6 Å². The summed E-state index contributed by atoms with van der Waals surface area (Å²) in [7, 11) is 1.34. The molecule has 1 aromatic rings. The number of halogens is 3. The van der Waals surface area contributed by atoms with Crippen LogP contribution in [0.4, 0.5) is 8.78 Å². The normalized spacial score (nSPS) is 12.9. The van der Waals surface area contributed by atoms with Crippen LogP contribution < -0.4 is 10.5 Å². The summed E-state index contributed by atoms with van der Waals surface area (Å²) in [5, 5.41) is 9.47. The Morgan fingerprint density at radius 2 is 2.12 bits per heavy atom. The molecule has 3 N–H and O–H groups in total. The average molecular weight is 252 g/mol. The number of ether oxygens (including phenoxy) is 1. The number of phenols is 1. The van der Waals surface area contributed by atoms with Gasteiger partial charge in [0.1, 0.15) is 0 Å². The fourth-order valence-corrected chi connectivity index (χ4v) is 1.51. The SMILES string of the molecule is COc1cc([C@@H](N)CC(F)F)cc(Cl)c1O. The summed E-state index contributed by atoms with van der Waals surface area (Å²) in [5.41, 5.74) is 5.97. The molecule has 90 valence electrons. The van der Waals surface area contributed by atoms with Gasteiger partial charge in [-0.05, 0) is 17.7 Å². The van der Waals surface area contributed by atoms with Crippen LogP contribution in [0.25, 0.3) is 0 Å². The summed E-state index contributed by atoms with van der Waals surface area (Å²) in [4.78, 5) is 0. The van der Waals surface area contributed by atoms with Crippen molar-refractivity contribution in [2.24, 2.45) is 5.73 Å². The minimum Gasteiger partial charge on any atom is -0.503 e. The Morgan fingerprint density at radius 3 is 2.62 bits per heavy atom. The molecule has 0 fully saturated rings. The highest BCUT2D eigenvalue weighted by Crippen LogP contribution is 2.37. The van der Waals surface area contributed by atoms with Crippen molar-refractivity contribution in [3.63, 3.8) is 0 Å². The number of methoxy groups -OCH3 is 1. The fraction of sp³-hybridized carbons (Fsp3) is 0.400. The molecule has 0 saturated heterocycles. The number of hydrogen-bond acceptors (Lipinski definition) is 3. The summed E-state index contributed by atoms with van der Waals surface area (Å²) in [6, 6.07) is 1.91. The predicted octanol–water partition coefficient (Wildman–Crippen LogP) is 2.71. The Kier molecular flexibility index (Phi) is 4.32. The maximum Gasteiger partial charge on any atom is 0.240 e. The highest BCUT2D eigenvalue weighted by molar-refractivity contribution is 6.32. The van der Waals surface area contributed by atoms with Crippen LogP contribution in [-0.4, -0.2) is 18.6 Å². The molecule has 0 heterocycles. The monoisotopic (exact) mass is 251 g/mol. The average Bonchev–Trinajstić information content (AvgIpc) is 2.20. The molecule has 0 bridgehead atoms. The van der Waals surface area contributed by atoms with Gasteiger partial charge < -0.3 is 15.6 Å². The Bertz CT molecular complexity index is 374. The number of benzene rings is 1. The van der Waals surface area contributed by atoms with Crippen molar-refractivity contribution in [1.29, 1.82) is 0 Å². The van der Waals surface area contributed by atoms with E-state index in [1.54, 1.807) is 0 Å². The van der Waals surface area contributed by atoms with Crippen LogP contribution >= 0.6 is 11.6 Å². The molecule has 3 nitrogen and oxygen atoms in total. The van der Waals surface area contributed by atoms with E-state index in [0.717, 1.165) is 0 Å². The van der Waals surface area contributed by atoms with Crippen LogP contribution in [0.1, 0.15) is 18.0 Å². The third-order valence-electron chi connectivity index (χ3n) is 2.13. The molecule has 0 aliphatic rings. The van der Waals surface area contributed by atoms with Crippen molar-refractivity contribution in [3.05, 3.63) is 22.7 Å². The first-order chi connectivity index (χ1) is 7.45. The third-order valence-corrected chi connectivity index (χ3v) is 2.42. The Morgan fingerprint density at radius 1 is 1.50 bits per heavy atom. The smallest absolute Gasteiger partial charge is 0.240 e. The molecule has 0 aromatic heterocycles. The quantitative estimate of drug-likeness (QED) is 0.865. The maximum atomic E-state index is 12.1. The van der Waals surface area contributed by atoms with Gasteiger partial charge in [-0.15, -0.1) is 0 Å². The number of nitrogens with two attached hydrogens (primary N) is 1. The lowest BCUT2D eigenvalue weighted by molar-refractivity contribution is 0.128. The first-order valence-corrected chi connectivity index (χ1v) is 4.93. The Labute approximate surface area is 96.8 Å². The minimum atomic E-state index is -2.49. The Hall–Kier alpha value is -1.07. The first-order valence-electron chi connectivity index (χ1n) is 4.55. The molecular weight excluding hydrogens is 240 g/mol. The van der Waals surface area contributed by atoms with Crippen molar-refractivity contribution in [1.82, 2.24) is 0 Å². The van der Waals surface area contributed by atoms with E-state index in [0.29, 0.717) is 5.56 Å². The van der Waals surface area contributed by atoms with Gasteiger partial charge in [-0.3, -0.25) is 0 Å². The summed E-state index contributed by atoms with van der Waals surface area (Å²) in [6.07, 6.45) is -2.96. The molecule has 16 heavy (non-hydrogen) atoms.